The van der Waals surface area contributed by atoms with Crippen LogP contribution >= 0.6 is 0 Å². The molecule has 0 heterocycles. The fourth-order valence-electron chi connectivity index (χ4n) is 2.24. The lowest BCUT2D eigenvalue weighted by Gasteiger charge is -2.16. The number of carbonyl (C=O) groups is 2. The zero-order valence-corrected chi connectivity index (χ0v) is 16.4. The molecular weight excluding hydrogens is 348 g/mol. The van der Waals surface area contributed by atoms with Crippen molar-refractivity contribution in [1.82, 2.24) is 5.32 Å². The fraction of sp³-hybridized carbons (Fsp3) is 0.500. The van der Waals surface area contributed by atoms with Crippen LogP contribution in [0.25, 0.3) is 0 Å². The third kappa shape index (κ3) is 7.10. The highest BCUT2D eigenvalue weighted by molar-refractivity contribution is 5.99. The molecule has 0 saturated carbocycles. The third-order valence-electron chi connectivity index (χ3n) is 3.67. The van der Waals surface area contributed by atoms with Crippen LogP contribution in [0.3, 0.4) is 0 Å². The number of unbranched alkanes of at least 4 members (excludes halogenated alkanes) is 1. The van der Waals surface area contributed by atoms with Crippen molar-refractivity contribution in [2.24, 2.45) is 5.41 Å². The number of nitro groups is 1. The number of carbonyl (C=O) groups excluding carboxylic acids is 2. The summed E-state index contributed by atoms with van der Waals surface area (Å²) in [6.45, 7) is 7.67. The highest BCUT2D eigenvalue weighted by atomic mass is 16.6. The Hall–Kier alpha value is -2.88. The van der Waals surface area contributed by atoms with Crippen molar-refractivity contribution >= 4 is 17.6 Å². The monoisotopic (exact) mass is 374 g/mol. The van der Waals surface area contributed by atoms with Crippen molar-refractivity contribution < 1.29 is 19.2 Å². The van der Waals surface area contributed by atoms with Gasteiger partial charge < -0.3 is 10.1 Å². The van der Waals surface area contributed by atoms with E-state index in [1.807, 2.05) is 27.7 Å². The van der Waals surface area contributed by atoms with E-state index < -0.39 is 22.8 Å². The first-order chi connectivity index (χ1) is 12.6. The number of amides is 1. The van der Waals surface area contributed by atoms with E-state index in [1.54, 1.807) is 0 Å². The van der Waals surface area contributed by atoms with Gasteiger partial charge in [0, 0.05) is 23.1 Å². The summed E-state index contributed by atoms with van der Waals surface area (Å²) in [5.41, 5.74) is -0.0626. The Morgan fingerprint density at radius 3 is 2.52 bits per heavy atom. The van der Waals surface area contributed by atoms with Crippen LogP contribution in [0, 0.1) is 27.4 Å². The number of ether oxygens (including phenoxy) is 1. The molecule has 0 saturated heterocycles. The lowest BCUT2D eigenvalue weighted by Crippen LogP contribution is -2.41. The van der Waals surface area contributed by atoms with Gasteiger partial charge in [-0.2, -0.15) is 0 Å². The third-order valence-corrected chi connectivity index (χ3v) is 3.67. The summed E-state index contributed by atoms with van der Waals surface area (Å²) in [7, 11) is 1.26. The maximum atomic E-state index is 12.7. The lowest BCUT2D eigenvalue weighted by molar-refractivity contribution is -0.384. The normalized spacial score (nSPS) is 11.7. The molecule has 7 heteroatoms. The molecular formula is C20H26N2O5. The van der Waals surface area contributed by atoms with Crippen molar-refractivity contribution in [1.29, 1.82) is 0 Å². The predicted molar refractivity (Wildman–Crippen MR) is 102 cm³/mol. The minimum atomic E-state index is -0.777. The zero-order chi connectivity index (χ0) is 20.6. The van der Waals surface area contributed by atoms with Crippen molar-refractivity contribution in [2.75, 3.05) is 7.11 Å². The van der Waals surface area contributed by atoms with E-state index in [0.29, 0.717) is 6.42 Å². The van der Waals surface area contributed by atoms with Crippen LogP contribution in [0.15, 0.2) is 18.2 Å². The number of nitrogens with one attached hydrogen (secondary N) is 1. The standard InChI is InChI=1S/C20H26N2O5/c1-6-7-8-17(19(24)27-5)21-18(23)16-10-9-15(22(25)26)13-14(16)11-12-20(2,3)4/h9-10,13,17H,6-8H2,1-5H3,(H,21,23). The maximum Gasteiger partial charge on any atom is 0.328 e. The summed E-state index contributed by atoms with van der Waals surface area (Å²) >= 11 is 0. The molecule has 1 amide bonds. The van der Waals surface area contributed by atoms with Gasteiger partial charge in [0.2, 0.25) is 0 Å². The summed E-state index contributed by atoms with van der Waals surface area (Å²) in [5.74, 6) is 4.79. The van der Waals surface area contributed by atoms with Gasteiger partial charge in [-0.3, -0.25) is 14.9 Å². The molecule has 0 fully saturated rings. The Kier molecular flexibility index (Phi) is 7.98. The van der Waals surface area contributed by atoms with Gasteiger partial charge in [-0.05, 0) is 33.3 Å². The van der Waals surface area contributed by atoms with Crippen LogP contribution in [0.4, 0.5) is 5.69 Å². The SMILES string of the molecule is CCCCC(NC(=O)c1ccc([N+](=O)[O-])cc1C#CC(C)(C)C)C(=O)OC. The molecule has 1 aromatic carbocycles. The number of hydrogen-bond donors (Lipinski definition) is 1. The van der Waals surface area contributed by atoms with E-state index in [2.05, 4.69) is 17.2 Å². The molecule has 27 heavy (non-hydrogen) atoms. The van der Waals surface area contributed by atoms with E-state index in [0.717, 1.165) is 12.8 Å². The number of hydrogen-bond acceptors (Lipinski definition) is 5. The molecule has 0 radical (unpaired) electrons. The van der Waals surface area contributed by atoms with Crippen molar-refractivity contribution in [3.63, 3.8) is 0 Å². The molecule has 0 aliphatic heterocycles. The second-order valence-corrected chi connectivity index (χ2v) is 7.18. The molecule has 7 nitrogen and oxygen atoms in total. The number of nitro benzene ring substituents is 1. The molecule has 146 valence electrons. The summed E-state index contributed by atoms with van der Waals surface area (Å²) in [4.78, 5) is 35.1. The lowest BCUT2D eigenvalue weighted by atomic mass is 9.96. The summed E-state index contributed by atoms with van der Waals surface area (Å²) in [5, 5.41) is 13.7. The second-order valence-electron chi connectivity index (χ2n) is 7.18. The van der Waals surface area contributed by atoms with Crippen LogP contribution in [-0.2, 0) is 9.53 Å². The average molecular weight is 374 g/mol. The van der Waals surface area contributed by atoms with Gasteiger partial charge >= 0.3 is 5.97 Å². The van der Waals surface area contributed by atoms with E-state index in [1.165, 1.54) is 25.3 Å². The molecule has 0 aliphatic carbocycles. The number of rotatable bonds is 7. The average Bonchev–Trinajstić information content (AvgIpc) is 2.61. The molecule has 1 N–H and O–H groups in total. The number of nitrogens with zero attached hydrogens (tertiary/aromatic N) is 1. The van der Waals surface area contributed by atoms with Gasteiger partial charge in [0.05, 0.1) is 17.6 Å². The molecule has 1 aromatic rings. The van der Waals surface area contributed by atoms with Gasteiger partial charge in [-0.1, -0.05) is 31.6 Å². The van der Waals surface area contributed by atoms with Crippen molar-refractivity contribution in [3.8, 4) is 11.8 Å². The van der Waals surface area contributed by atoms with Crippen LogP contribution in [-0.4, -0.2) is 30.0 Å². The minimum absolute atomic E-state index is 0.153. The van der Waals surface area contributed by atoms with Crippen molar-refractivity contribution in [2.45, 2.75) is 53.0 Å². The van der Waals surface area contributed by atoms with Gasteiger partial charge in [0.25, 0.3) is 11.6 Å². The second kappa shape index (κ2) is 9.72. The van der Waals surface area contributed by atoms with Crippen LogP contribution < -0.4 is 5.32 Å². The highest BCUT2D eigenvalue weighted by Gasteiger charge is 2.23. The van der Waals surface area contributed by atoms with Crippen molar-refractivity contribution in [3.05, 3.63) is 39.4 Å². The van der Waals surface area contributed by atoms with Gasteiger partial charge in [-0.25, -0.2) is 4.79 Å². The molecule has 0 bridgehead atoms. The number of esters is 1. The molecule has 1 rings (SSSR count). The summed E-state index contributed by atoms with van der Waals surface area (Å²) in [6, 6.07) is 3.10. The smallest absolute Gasteiger partial charge is 0.328 e. The van der Waals surface area contributed by atoms with E-state index in [4.69, 9.17) is 4.74 Å². The first-order valence-electron chi connectivity index (χ1n) is 8.79. The van der Waals surface area contributed by atoms with Crippen LogP contribution in [0.5, 0.6) is 0 Å². The number of benzene rings is 1. The number of methoxy groups -OCH3 is 1. The molecule has 0 spiro atoms. The Labute approximate surface area is 159 Å². The Bertz CT molecular complexity index is 769. The summed E-state index contributed by atoms with van der Waals surface area (Å²) in [6.07, 6.45) is 2.06. The molecule has 1 unspecified atom stereocenters. The Balaban J connectivity index is 3.24. The molecule has 1 atom stereocenters. The minimum Gasteiger partial charge on any atom is -0.467 e. The van der Waals surface area contributed by atoms with Gasteiger partial charge in [-0.15, -0.1) is 0 Å². The molecule has 0 aromatic heterocycles. The zero-order valence-electron chi connectivity index (χ0n) is 16.4. The largest absolute Gasteiger partial charge is 0.467 e. The van der Waals surface area contributed by atoms with E-state index in [9.17, 15) is 19.7 Å². The highest BCUT2D eigenvalue weighted by Crippen LogP contribution is 2.19. The van der Waals surface area contributed by atoms with Gasteiger partial charge in [0.1, 0.15) is 6.04 Å². The summed E-state index contributed by atoms with van der Waals surface area (Å²) < 4.78 is 4.75. The molecule has 0 aliphatic rings. The van der Waals surface area contributed by atoms with Gasteiger partial charge in [0.15, 0.2) is 0 Å². The van der Waals surface area contributed by atoms with E-state index in [-0.39, 0.29) is 22.2 Å². The Morgan fingerprint density at radius 2 is 2.00 bits per heavy atom. The van der Waals surface area contributed by atoms with Crippen LogP contribution in [0.2, 0.25) is 0 Å². The van der Waals surface area contributed by atoms with E-state index >= 15 is 0 Å². The predicted octanol–water partition coefficient (Wildman–Crippen LogP) is 3.45. The maximum absolute atomic E-state index is 12.7. The first-order valence-corrected chi connectivity index (χ1v) is 8.79. The van der Waals surface area contributed by atoms with Crippen LogP contribution in [0.1, 0.15) is 62.9 Å². The first kappa shape index (κ1) is 22.2. The topological polar surface area (TPSA) is 98.5 Å². The Morgan fingerprint density at radius 1 is 1.33 bits per heavy atom. The fourth-order valence-corrected chi connectivity index (χ4v) is 2.24. The number of non-ortho nitro benzene ring substituents is 1. The quantitative estimate of drug-likeness (QED) is 0.341.